The van der Waals surface area contributed by atoms with Crippen molar-refractivity contribution in [2.75, 3.05) is 32.1 Å². The number of amides is 1. The van der Waals surface area contributed by atoms with Crippen molar-refractivity contribution in [1.82, 2.24) is 25.5 Å². The van der Waals surface area contributed by atoms with E-state index in [1.165, 1.54) is 5.56 Å². The van der Waals surface area contributed by atoms with Crippen LogP contribution in [0.25, 0.3) is 11.3 Å². The molecule has 2 aliphatic rings. The fraction of sp³-hybridized carbons (Fsp3) is 0.320. The summed E-state index contributed by atoms with van der Waals surface area (Å²) in [6.07, 6.45) is 2.57. The Balaban J connectivity index is 1.62. The van der Waals surface area contributed by atoms with E-state index in [4.69, 9.17) is 0 Å². The molecule has 2 aliphatic heterocycles. The minimum atomic E-state index is -0.680. The van der Waals surface area contributed by atoms with E-state index in [2.05, 4.69) is 78.1 Å². The third-order valence-corrected chi connectivity index (χ3v) is 6.10. The van der Waals surface area contributed by atoms with Gasteiger partial charge in [-0.1, -0.05) is 40.2 Å². The molecule has 9 heteroatoms. The van der Waals surface area contributed by atoms with Crippen LogP contribution in [0.15, 0.2) is 59.2 Å². The maximum absolute atomic E-state index is 12.5. The van der Waals surface area contributed by atoms with Crippen LogP contribution >= 0.6 is 15.9 Å². The Morgan fingerprint density at radius 3 is 2.76 bits per heavy atom. The number of aliphatic hydroxyl groups excluding tert-OH is 1. The third-order valence-electron chi connectivity index (χ3n) is 5.64. The zero-order valence-corrected chi connectivity index (χ0v) is 20.7. The molecule has 3 heterocycles. The van der Waals surface area contributed by atoms with Crippen molar-refractivity contribution in [1.29, 1.82) is 0 Å². The molecule has 6 bridgehead atoms. The van der Waals surface area contributed by atoms with Crippen LogP contribution in [0.4, 0.5) is 11.6 Å². The minimum absolute atomic E-state index is 0.204. The molecule has 0 fully saturated rings. The molecule has 1 aromatic heterocycles. The summed E-state index contributed by atoms with van der Waals surface area (Å²) < 4.78 is 0.883. The topological polar surface area (TPSA) is 102 Å². The molecule has 0 saturated heterocycles. The van der Waals surface area contributed by atoms with Crippen molar-refractivity contribution in [3.05, 3.63) is 70.3 Å². The molecule has 0 aliphatic carbocycles. The number of carbonyl (C=O) groups is 1. The number of benzene rings is 2. The van der Waals surface area contributed by atoms with Crippen molar-refractivity contribution in [3.8, 4) is 11.3 Å². The minimum Gasteiger partial charge on any atom is -0.394 e. The summed E-state index contributed by atoms with van der Waals surface area (Å²) >= 11 is 3.55. The summed E-state index contributed by atoms with van der Waals surface area (Å²) in [4.78, 5) is 23.8. The van der Waals surface area contributed by atoms with Gasteiger partial charge in [-0.2, -0.15) is 0 Å². The van der Waals surface area contributed by atoms with E-state index in [0.717, 1.165) is 46.5 Å². The van der Waals surface area contributed by atoms with E-state index in [1.54, 1.807) is 6.20 Å². The molecule has 3 aromatic rings. The van der Waals surface area contributed by atoms with E-state index in [1.807, 2.05) is 24.3 Å². The molecule has 1 atom stereocenters. The fourth-order valence-electron chi connectivity index (χ4n) is 3.87. The van der Waals surface area contributed by atoms with E-state index >= 15 is 0 Å². The average Bonchev–Trinajstić information content (AvgIpc) is 2.82. The zero-order chi connectivity index (χ0) is 23.9. The van der Waals surface area contributed by atoms with Gasteiger partial charge < -0.3 is 20.6 Å². The smallest absolute Gasteiger partial charge is 0.239 e. The molecule has 0 radical (unpaired) electrons. The molecular weight excluding hydrogens is 496 g/mol. The molecule has 5 rings (SSSR count). The van der Waals surface area contributed by atoms with Gasteiger partial charge in [0.05, 0.1) is 12.3 Å². The standard InChI is InChI=1S/C25H29BrN6O2/c1-32-10-2-8-27-24(34)23(16-33)29-14-18-11-20(26)13-21(12-18)30-25-28-9-7-22(31-25)19-5-3-17(15-32)4-6-19/h3-7,9,11-13,23,29,33H,2,8,10,14-16H2,1H3,(H,27,34)(H,28,30,31)/t23-/m0/s1. The summed E-state index contributed by atoms with van der Waals surface area (Å²) in [6.45, 7) is 2.36. The van der Waals surface area contributed by atoms with Gasteiger partial charge in [0.1, 0.15) is 6.04 Å². The second-order valence-electron chi connectivity index (χ2n) is 8.43. The highest BCUT2D eigenvalue weighted by Gasteiger charge is 2.17. The van der Waals surface area contributed by atoms with Crippen LogP contribution < -0.4 is 16.0 Å². The number of hydrogen-bond acceptors (Lipinski definition) is 7. The number of nitrogens with one attached hydrogen (secondary N) is 3. The third kappa shape index (κ3) is 6.60. The molecule has 4 N–H and O–H groups in total. The van der Waals surface area contributed by atoms with Gasteiger partial charge in [-0.25, -0.2) is 9.97 Å². The van der Waals surface area contributed by atoms with E-state index in [0.29, 0.717) is 19.0 Å². The highest BCUT2D eigenvalue weighted by atomic mass is 79.9. The fourth-order valence-corrected chi connectivity index (χ4v) is 4.41. The van der Waals surface area contributed by atoms with Crippen LogP contribution in [0.2, 0.25) is 0 Å². The van der Waals surface area contributed by atoms with Crippen molar-refractivity contribution >= 4 is 33.5 Å². The number of carbonyl (C=O) groups excluding carboxylic acids is 1. The number of aromatic nitrogens is 2. The Morgan fingerprint density at radius 2 is 1.97 bits per heavy atom. The predicted molar refractivity (Wildman–Crippen MR) is 137 cm³/mol. The highest BCUT2D eigenvalue weighted by Crippen LogP contribution is 2.24. The Morgan fingerprint density at radius 1 is 1.15 bits per heavy atom. The first kappa shape index (κ1) is 24.3. The number of hydrogen-bond donors (Lipinski definition) is 4. The van der Waals surface area contributed by atoms with Crippen LogP contribution in [0, 0.1) is 0 Å². The lowest BCUT2D eigenvalue weighted by Gasteiger charge is -2.19. The van der Waals surface area contributed by atoms with E-state index in [-0.39, 0.29) is 12.5 Å². The molecule has 0 unspecified atom stereocenters. The monoisotopic (exact) mass is 524 g/mol. The van der Waals surface area contributed by atoms with Crippen molar-refractivity contribution in [3.63, 3.8) is 0 Å². The lowest BCUT2D eigenvalue weighted by Crippen LogP contribution is -2.46. The second kappa shape index (κ2) is 11.5. The summed E-state index contributed by atoms with van der Waals surface area (Å²) in [7, 11) is 2.07. The summed E-state index contributed by atoms with van der Waals surface area (Å²) in [5.74, 6) is 0.294. The van der Waals surface area contributed by atoms with Gasteiger partial charge in [0, 0.05) is 41.6 Å². The molecular formula is C25H29BrN6O2. The Labute approximate surface area is 207 Å². The SMILES string of the molecule is CN1CCCNC(=O)[C@H](CO)NCc2cc(Br)cc(c2)Nc2nccc(n2)-c2ccc(cc2)C1. The Bertz CT molecular complexity index is 1120. The molecule has 178 valence electrons. The largest absolute Gasteiger partial charge is 0.394 e. The van der Waals surface area contributed by atoms with Crippen molar-refractivity contribution in [2.24, 2.45) is 0 Å². The normalized spacial score (nSPS) is 18.0. The van der Waals surface area contributed by atoms with E-state index < -0.39 is 6.04 Å². The first-order valence-corrected chi connectivity index (χ1v) is 12.1. The lowest BCUT2D eigenvalue weighted by molar-refractivity contribution is -0.124. The predicted octanol–water partition coefficient (Wildman–Crippen LogP) is 3.05. The van der Waals surface area contributed by atoms with Crippen molar-refractivity contribution in [2.45, 2.75) is 25.6 Å². The average molecular weight is 525 g/mol. The maximum Gasteiger partial charge on any atom is 0.239 e. The molecule has 2 aromatic carbocycles. The van der Waals surface area contributed by atoms with Gasteiger partial charge in [-0.15, -0.1) is 0 Å². The van der Waals surface area contributed by atoms with Gasteiger partial charge in [0.2, 0.25) is 11.9 Å². The van der Waals surface area contributed by atoms with E-state index in [9.17, 15) is 9.90 Å². The van der Waals surface area contributed by atoms with Crippen LogP contribution in [0.1, 0.15) is 17.5 Å². The zero-order valence-electron chi connectivity index (χ0n) is 19.1. The Hall–Kier alpha value is -2.85. The second-order valence-corrected chi connectivity index (χ2v) is 9.35. The first-order chi connectivity index (χ1) is 16.5. The lowest BCUT2D eigenvalue weighted by atomic mass is 10.1. The van der Waals surface area contributed by atoms with Crippen LogP contribution in [0.3, 0.4) is 0 Å². The van der Waals surface area contributed by atoms with Crippen LogP contribution in [-0.2, 0) is 17.9 Å². The number of rotatable bonds is 1. The van der Waals surface area contributed by atoms with Gasteiger partial charge in [-0.05, 0) is 55.4 Å². The quantitative estimate of drug-likeness (QED) is 0.388. The molecule has 8 nitrogen and oxygen atoms in total. The number of aliphatic hydroxyl groups is 1. The molecule has 34 heavy (non-hydrogen) atoms. The van der Waals surface area contributed by atoms with Gasteiger partial charge >= 0.3 is 0 Å². The van der Waals surface area contributed by atoms with Gasteiger partial charge in [0.25, 0.3) is 0 Å². The maximum atomic E-state index is 12.5. The van der Waals surface area contributed by atoms with Crippen LogP contribution in [0.5, 0.6) is 0 Å². The van der Waals surface area contributed by atoms with Gasteiger partial charge in [0.15, 0.2) is 0 Å². The van der Waals surface area contributed by atoms with Gasteiger partial charge in [-0.3, -0.25) is 10.1 Å². The first-order valence-electron chi connectivity index (χ1n) is 11.3. The van der Waals surface area contributed by atoms with Crippen molar-refractivity contribution < 1.29 is 9.90 Å². The molecule has 1 amide bonds. The Kier molecular flexibility index (Phi) is 8.23. The number of halogens is 1. The summed E-state index contributed by atoms with van der Waals surface area (Å²) in [5, 5.41) is 19.1. The highest BCUT2D eigenvalue weighted by molar-refractivity contribution is 9.10. The molecule has 0 spiro atoms. The molecule has 0 saturated carbocycles. The number of nitrogens with zero attached hydrogens (tertiary/aromatic N) is 3. The number of anilines is 2. The summed E-state index contributed by atoms with van der Waals surface area (Å²) in [5.41, 5.74) is 4.84. The summed E-state index contributed by atoms with van der Waals surface area (Å²) in [6, 6.07) is 15.5. The number of fused-ring (bicyclic) bond motifs is 11. The van der Waals surface area contributed by atoms with Crippen LogP contribution in [-0.4, -0.2) is 58.7 Å².